The molecule has 1 aromatic carbocycles. The van der Waals surface area contributed by atoms with E-state index in [1.165, 1.54) is 0 Å². The molecule has 0 aliphatic carbocycles. The topological polar surface area (TPSA) is 83.8 Å². The molecule has 20 heavy (non-hydrogen) atoms. The van der Waals surface area contributed by atoms with Crippen LogP contribution in [0.3, 0.4) is 0 Å². The number of rotatable bonds is 7. The summed E-state index contributed by atoms with van der Waals surface area (Å²) in [5.41, 5.74) is -1.69. The molecule has 0 bridgehead atoms. The second-order valence-corrected chi connectivity index (χ2v) is 5.60. The Hall–Kier alpha value is -1.15. The molecule has 0 heterocycles. The van der Waals surface area contributed by atoms with E-state index in [1.54, 1.807) is 12.1 Å². The van der Waals surface area contributed by atoms with Gasteiger partial charge in [-0.25, -0.2) is 9.59 Å². The van der Waals surface area contributed by atoms with Crippen molar-refractivity contribution in [1.82, 2.24) is 0 Å². The fourth-order valence-corrected chi connectivity index (χ4v) is 2.15. The van der Waals surface area contributed by atoms with E-state index in [1.807, 2.05) is 19.1 Å². The first-order valence-corrected chi connectivity index (χ1v) is 7.36. The molecule has 1 unspecified atom stereocenters. The number of esters is 1. The van der Waals surface area contributed by atoms with Gasteiger partial charge in [-0.3, -0.25) is 0 Å². The summed E-state index contributed by atoms with van der Waals surface area (Å²) in [5, 5.41) is 19.0. The first kappa shape index (κ1) is 16.9. The summed E-state index contributed by atoms with van der Waals surface area (Å²) < 4.78 is 5.87. The number of carboxylic acid groups (broad SMARTS) is 1. The molecule has 110 valence electrons. The van der Waals surface area contributed by atoms with E-state index in [2.05, 4.69) is 22.6 Å². The van der Waals surface area contributed by atoms with E-state index in [0.29, 0.717) is 12.8 Å². The van der Waals surface area contributed by atoms with Crippen LogP contribution < -0.4 is 0 Å². The lowest BCUT2D eigenvalue weighted by Crippen LogP contribution is -2.47. The summed E-state index contributed by atoms with van der Waals surface area (Å²) >= 11 is 2.09. The third kappa shape index (κ3) is 4.17. The van der Waals surface area contributed by atoms with Crippen molar-refractivity contribution in [3.8, 4) is 0 Å². The molecule has 6 heteroatoms. The van der Waals surface area contributed by atoms with Gasteiger partial charge in [-0.2, -0.15) is 0 Å². The van der Waals surface area contributed by atoms with Gasteiger partial charge in [0.1, 0.15) is 6.61 Å². The first-order chi connectivity index (χ1) is 9.41. The predicted octanol–water partition coefficient (Wildman–Crippen LogP) is 2.34. The maximum Gasteiger partial charge on any atom is 0.350 e. The van der Waals surface area contributed by atoms with Crippen molar-refractivity contribution in [3.63, 3.8) is 0 Å². The van der Waals surface area contributed by atoms with Crippen LogP contribution in [0.1, 0.15) is 31.7 Å². The minimum absolute atomic E-state index is 0.0559. The van der Waals surface area contributed by atoms with E-state index in [0.717, 1.165) is 9.13 Å². The van der Waals surface area contributed by atoms with Crippen molar-refractivity contribution in [2.75, 3.05) is 0 Å². The van der Waals surface area contributed by atoms with Crippen LogP contribution in [0.5, 0.6) is 0 Å². The summed E-state index contributed by atoms with van der Waals surface area (Å²) in [4.78, 5) is 22.9. The summed E-state index contributed by atoms with van der Waals surface area (Å²) in [7, 11) is 0. The number of carbonyl (C=O) groups is 2. The standard InChI is InChI=1S/C14H17IO5/c1-2-3-8-14(19,12(16)17)13(18)20-9-10-6-4-5-7-11(10)15/h4-7,19H,2-3,8-9H2,1H3,(H,16,17). The summed E-state index contributed by atoms with van der Waals surface area (Å²) in [6, 6.07) is 7.28. The zero-order chi connectivity index (χ0) is 15.2. The molecule has 2 N–H and O–H groups in total. The maximum atomic E-state index is 11.8. The average Bonchev–Trinajstić information content (AvgIpc) is 2.43. The number of carboxylic acids is 1. The van der Waals surface area contributed by atoms with Crippen LogP contribution in [0.2, 0.25) is 0 Å². The highest BCUT2D eigenvalue weighted by molar-refractivity contribution is 14.1. The van der Waals surface area contributed by atoms with Crippen LogP contribution in [0.4, 0.5) is 0 Å². The smallest absolute Gasteiger partial charge is 0.350 e. The minimum atomic E-state index is -2.46. The Morgan fingerprint density at radius 3 is 2.55 bits per heavy atom. The zero-order valence-electron chi connectivity index (χ0n) is 11.1. The third-order valence-electron chi connectivity index (χ3n) is 2.90. The molecule has 0 aromatic heterocycles. The Labute approximate surface area is 131 Å². The molecule has 0 spiro atoms. The van der Waals surface area contributed by atoms with Crippen LogP contribution in [-0.4, -0.2) is 27.8 Å². The molecule has 1 aromatic rings. The van der Waals surface area contributed by atoms with E-state index >= 15 is 0 Å². The van der Waals surface area contributed by atoms with Crippen LogP contribution in [-0.2, 0) is 20.9 Å². The number of aliphatic carboxylic acids is 1. The van der Waals surface area contributed by atoms with Gasteiger partial charge in [0.05, 0.1) is 0 Å². The molecule has 0 aliphatic rings. The molecule has 0 radical (unpaired) electrons. The summed E-state index contributed by atoms with van der Waals surface area (Å²) in [5.74, 6) is -2.68. The lowest BCUT2D eigenvalue weighted by molar-refractivity contribution is -0.182. The Balaban J connectivity index is 2.72. The second kappa shape index (κ2) is 7.58. The molecular weight excluding hydrogens is 375 g/mol. The van der Waals surface area contributed by atoms with Gasteiger partial charge in [-0.05, 0) is 41.5 Å². The Kier molecular flexibility index (Phi) is 6.41. The van der Waals surface area contributed by atoms with Gasteiger partial charge in [-0.15, -0.1) is 0 Å². The molecule has 0 amide bonds. The van der Waals surface area contributed by atoms with Gasteiger partial charge >= 0.3 is 11.9 Å². The predicted molar refractivity (Wildman–Crippen MR) is 81.1 cm³/mol. The highest BCUT2D eigenvalue weighted by Gasteiger charge is 2.45. The number of hydrogen-bond acceptors (Lipinski definition) is 4. The largest absolute Gasteiger partial charge is 0.479 e. The van der Waals surface area contributed by atoms with Gasteiger partial charge in [0.25, 0.3) is 5.60 Å². The zero-order valence-corrected chi connectivity index (χ0v) is 13.3. The molecule has 0 aliphatic heterocycles. The number of carbonyl (C=O) groups excluding carboxylic acids is 1. The van der Waals surface area contributed by atoms with Crippen molar-refractivity contribution in [2.45, 2.75) is 38.4 Å². The molecule has 1 atom stereocenters. The molecule has 0 saturated carbocycles. The van der Waals surface area contributed by atoms with E-state index in [4.69, 9.17) is 9.84 Å². The van der Waals surface area contributed by atoms with E-state index < -0.39 is 17.5 Å². The third-order valence-corrected chi connectivity index (χ3v) is 3.95. The number of unbranched alkanes of at least 4 members (excludes halogenated alkanes) is 1. The van der Waals surface area contributed by atoms with Crippen molar-refractivity contribution in [1.29, 1.82) is 0 Å². The SMILES string of the molecule is CCCCC(O)(C(=O)O)C(=O)OCc1ccccc1I. The summed E-state index contributed by atoms with van der Waals surface area (Å²) in [6.07, 6.45) is 0.962. The van der Waals surface area contributed by atoms with Crippen molar-refractivity contribution < 1.29 is 24.5 Å². The van der Waals surface area contributed by atoms with Gasteiger partial charge in [0.2, 0.25) is 0 Å². The lowest BCUT2D eigenvalue weighted by Gasteiger charge is -2.21. The quantitative estimate of drug-likeness (QED) is 0.423. The highest BCUT2D eigenvalue weighted by Crippen LogP contribution is 2.19. The fourth-order valence-electron chi connectivity index (χ4n) is 1.61. The number of hydrogen-bond donors (Lipinski definition) is 2. The van der Waals surface area contributed by atoms with Crippen molar-refractivity contribution in [3.05, 3.63) is 33.4 Å². The van der Waals surface area contributed by atoms with E-state index in [-0.39, 0.29) is 13.0 Å². The lowest BCUT2D eigenvalue weighted by atomic mass is 9.97. The van der Waals surface area contributed by atoms with Gasteiger partial charge in [-0.1, -0.05) is 31.5 Å². The monoisotopic (exact) mass is 392 g/mol. The average molecular weight is 392 g/mol. The minimum Gasteiger partial charge on any atom is -0.479 e. The Bertz CT molecular complexity index is 488. The van der Waals surface area contributed by atoms with Crippen molar-refractivity contribution in [2.24, 2.45) is 0 Å². The molecule has 0 fully saturated rings. The normalized spacial score (nSPS) is 13.6. The Morgan fingerprint density at radius 1 is 1.35 bits per heavy atom. The van der Waals surface area contributed by atoms with Crippen LogP contribution in [0.25, 0.3) is 0 Å². The fraction of sp³-hybridized carbons (Fsp3) is 0.429. The Morgan fingerprint density at radius 2 is 2.00 bits per heavy atom. The van der Waals surface area contributed by atoms with Crippen LogP contribution >= 0.6 is 22.6 Å². The van der Waals surface area contributed by atoms with Gasteiger partial charge in [0, 0.05) is 9.13 Å². The molecule has 5 nitrogen and oxygen atoms in total. The van der Waals surface area contributed by atoms with E-state index in [9.17, 15) is 14.7 Å². The van der Waals surface area contributed by atoms with Crippen LogP contribution in [0.15, 0.2) is 24.3 Å². The highest BCUT2D eigenvalue weighted by atomic mass is 127. The van der Waals surface area contributed by atoms with Gasteiger partial charge < -0.3 is 14.9 Å². The number of halogens is 1. The van der Waals surface area contributed by atoms with Gasteiger partial charge in [0.15, 0.2) is 0 Å². The second-order valence-electron chi connectivity index (χ2n) is 4.44. The van der Waals surface area contributed by atoms with Crippen molar-refractivity contribution >= 4 is 34.5 Å². The number of ether oxygens (including phenoxy) is 1. The molecule has 1 rings (SSSR count). The first-order valence-electron chi connectivity index (χ1n) is 6.28. The molecular formula is C14H17IO5. The molecule has 0 saturated heterocycles. The summed E-state index contributed by atoms with van der Waals surface area (Å²) in [6.45, 7) is 1.79. The van der Waals surface area contributed by atoms with Crippen LogP contribution in [0, 0.1) is 3.57 Å². The maximum absolute atomic E-state index is 11.8. The number of benzene rings is 1. The number of aliphatic hydroxyl groups is 1.